The summed E-state index contributed by atoms with van der Waals surface area (Å²) in [5.41, 5.74) is 5.89. The Hall–Kier alpha value is -2.81. The second-order valence-corrected chi connectivity index (χ2v) is 8.46. The van der Waals surface area contributed by atoms with Gasteiger partial charge in [-0.3, -0.25) is 4.79 Å². The maximum absolute atomic E-state index is 12.1. The molecule has 3 heteroatoms. The molecule has 1 aromatic carbocycles. The summed E-state index contributed by atoms with van der Waals surface area (Å²) in [6.07, 6.45) is 15.6. The summed E-state index contributed by atoms with van der Waals surface area (Å²) in [5.74, 6) is -0.0206. The van der Waals surface area contributed by atoms with E-state index in [-0.39, 0.29) is 17.1 Å². The van der Waals surface area contributed by atoms with Crippen LogP contribution in [0.2, 0.25) is 0 Å². The number of amides is 1. The Labute approximate surface area is 175 Å². The zero-order valence-corrected chi connectivity index (χ0v) is 18.3. The van der Waals surface area contributed by atoms with E-state index < -0.39 is 0 Å². The number of nitrogens with one attached hydrogen (secondary N) is 1. The van der Waals surface area contributed by atoms with Crippen LogP contribution in [0.25, 0.3) is 0 Å². The predicted molar refractivity (Wildman–Crippen MR) is 123 cm³/mol. The van der Waals surface area contributed by atoms with Gasteiger partial charge in [0.25, 0.3) is 0 Å². The Morgan fingerprint density at radius 2 is 1.79 bits per heavy atom. The standard InChI is InChI=1S/C26H33NO2/c1-19(11-16-24-21(3)10-7-17-26(24,4)5)8-6-9-20(2)18-25(29)27-22-12-14-23(28)15-13-22/h6,8-9,11-16,18,28H,7,10,17H2,1-5H3,(H,27,29)/b9-6-,16-11-,19-8+,20-18-. The fourth-order valence-electron chi connectivity index (χ4n) is 3.61. The number of anilines is 1. The van der Waals surface area contributed by atoms with E-state index in [9.17, 15) is 9.90 Å². The monoisotopic (exact) mass is 391 g/mol. The molecular weight excluding hydrogens is 358 g/mol. The third-order valence-electron chi connectivity index (χ3n) is 5.27. The minimum absolute atomic E-state index is 0.173. The SMILES string of the molecule is CC1=C(\C=C/C(C)=C/C=C\C(C)=C/C(=O)Nc2ccc(O)cc2)C(C)(C)CCC1. The largest absolute Gasteiger partial charge is 0.508 e. The third-order valence-corrected chi connectivity index (χ3v) is 5.27. The van der Waals surface area contributed by atoms with Crippen molar-refractivity contribution in [3.05, 3.63) is 83.0 Å². The van der Waals surface area contributed by atoms with Crippen LogP contribution in [0, 0.1) is 5.41 Å². The summed E-state index contributed by atoms with van der Waals surface area (Å²) in [5, 5.41) is 12.1. The highest BCUT2D eigenvalue weighted by Gasteiger charge is 2.26. The molecule has 2 rings (SSSR count). The van der Waals surface area contributed by atoms with Crippen molar-refractivity contribution in [2.75, 3.05) is 5.32 Å². The van der Waals surface area contributed by atoms with E-state index >= 15 is 0 Å². The minimum atomic E-state index is -0.194. The van der Waals surface area contributed by atoms with Crippen molar-refractivity contribution < 1.29 is 9.90 Å². The number of phenols is 1. The van der Waals surface area contributed by atoms with Crippen molar-refractivity contribution in [3.63, 3.8) is 0 Å². The van der Waals surface area contributed by atoms with Crippen molar-refractivity contribution in [1.82, 2.24) is 0 Å². The molecule has 1 aromatic rings. The number of hydrogen-bond acceptors (Lipinski definition) is 2. The smallest absolute Gasteiger partial charge is 0.248 e. The Bertz CT molecular complexity index is 878. The Kier molecular flexibility index (Phi) is 7.83. The Morgan fingerprint density at radius 3 is 2.45 bits per heavy atom. The summed E-state index contributed by atoms with van der Waals surface area (Å²) < 4.78 is 0. The van der Waals surface area contributed by atoms with Gasteiger partial charge in [0.15, 0.2) is 0 Å². The van der Waals surface area contributed by atoms with Gasteiger partial charge in [0.2, 0.25) is 5.91 Å². The van der Waals surface area contributed by atoms with Crippen LogP contribution in [0.5, 0.6) is 5.75 Å². The molecule has 1 amide bonds. The van der Waals surface area contributed by atoms with Gasteiger partial charge >= 0.3 is 0 Å². The van der Waals surface area contributed by atoms with Gasteiger partial charge < -0.3 is 10.4 Å². The second kappa shape index (κ2) is 10.1. The highest BCUT2D eigenvalue weighted by Crippen LogP contribution is 2.40. The van der Waals surface area contributed by atoms with Crippen LogP contribution in [0.1, 0.15) is 53.9 Å². The molecule has 0 aromatic heterocycles. The first-order chi connectivity index (χ1) is 13.7. The molecule has 154 valence electrons. The lowest BCUT2D eigenvalue weighted by Gasteiger charge is -2.32. The molecule has 1 aliphatic carbocycles. The van der Waals surface area contributed by atoms with Gasteiger partial charge in [-0.05, 0) is 80.9 Å². The minimum Gasteiger partial charge on any atom is -0.508 e. The zero-order valence-electron chi connectivity index (χ0n) is 18.3. The highest BCUT2D eigenvalue weighted by atomic mass is 16.3. The first-order valence-corrected chi connectivity index (χ1v) is 10.2. The predicted octanol–water partition coefficient (Wildman–Crippen LogP) is 6.86. The number of phenolic OH excluding ortho intramolecular Hbond substituents is 1. The summed E-state index contributed by atoms with van der Waals surface area (Å²) in [6.45, 7) is 10.9. The van der Waals surface area contributed by atoms with E-state index in [1.807, 2.05) is 19.1 Å². The molecule has 3 nitrogen and oxygen atoms in total. The number of allylic oxidation sites excluding steroid dienone is 9. The normalized spacial score (nSPS) is 18.0. The topological polar surface area (TPSA) is 49.3 Å². The average Bonchev–Trinajstić information content (AvgIpc) is 2.62. The molecule has 1 aliphatic rings. The number of rotatable bonds is 6. The van der Waals surface area contributed by atoms with Crippen molar-refractivity contribution >= 4 is 11.6 Å². The molecule has 0 aliphatic heterocycles. The van der Waals surface area contributed by atoms with Gasteiger partial charge in [0.1, 0.15) is 5.75 Å². The van der Waals surface area contributed by atoms with Crippen LogP contribution in [0.15, 0.2) is 83.0 Å². The van der Waals surface area contributed by atoms with E-state index in [0.29, 0.717) is 5.69 Å². The van der Waals surface area contributed by atoms with Crippen LogP contribution in [0.3, 0.4) is 0 Å². The van der Waals surface area contributed by atoms with Crippen molar-refractivity contribution in [2.45, 2.75) is 53.9 Å². The maximum atomic E-state index is 12.1. The number of benzene rings is 1. The summed E-state index contributed by atoms with van der Waals surface area (Å²) in [6, 6.07) is 6.41. The van der Waals surface area contributed by atoms with Crippen molar-refractivity contribution in [1.29, 1.82) is 0 Å². The Balaban J connectivity index is 1.95. The van der Waals surface area contributed by atoms with E-state index in [2.05, 4.69) is 51.2 Å². The van der Waals surface area contributed by atoms with Crippen molar-refractivity contribution in [3.8, 4) is 5.75 Å². The number of carbonyl (C=O) groups excluding carboxylic acids is 1. The Morgan fingerprint density at radius 1 is 1.10 bits per heavy atom. The van der Waals surface area contributed by atoms with Gasteiger partial charge in [-0.25, -0.2) is 0 Å². The lowest BCUT2D eigenvalue weighted by molar-refractivity contribution is -0.111. The summed E-state index contributed by atoms with van der Waals surface area (Å²) in [4.78, 5) is 12.1. The molecule has 29 heavy (non-hydrogen) atoms. The van der Waals surface area contributed by atoms with Crippen LogP contribution in [-0.2, 0) is 4.79 Å². The van der Waals surface area contributed by atoms with Gasteiger partial charge in [0, 0.05) is 11.8 Å². The van der Waals surface area contributed by atoms with E-state index in [0.717, 1.165) is 5.57 Å². The molecule has 0 fully saturated rings. The van der Waals surface area contributed by atoms with E-state index in [4.69, 9.17) is 0 Å². The highest BCUT2D eigenvalue weighted by molar-refractivity contribution is 5.99. The second-order valence-electron chi connectivity index (χ2n) is 8.46. The van der Waals surface area contributed by atoms with Gasteiger partial charge in [-0.1, -0.05) is 55.4 Å². The van der Waals surface area contributed by atoms with Gasteiger partial charge in [-0.15, -0.1) is 0 Å². The summed E-state index contributed by atoms with van der Waals surface area (Å²) >= 11 is 0. The number of carbonyl (C=O) groups is 1. The van der Waals surface area contributed by atoms with Crippen LogP contribution in [-0.4, -0.2) is 11.0 Å². The molecule has 0 radical (unpaired) electrons. The van der Waals surface area contributed by atoms with Crippen LogP contribution < -0.4 is 5.32 Å². The number of aromatic hydroxyl groups is 1. The van der Waals surface area contributed by atoms with Crippen molar-refractivity contribution in [2.24, 2.45) is 5.41 Å². The number of hydrogen-bond donors (Lipinski definition) is 2. The lowest BCUT2D eigenvalue weighted by Crippen LogP contribution is -2.19. The summed E-state index contributed by atoms with van der Waals surface area (Å²) in [7, 11) is 0. The fraction of sp³-hybridized carbons (Fsp3) is 0.346. The molecule has 0 saturated carbocycles. The molecular formula is C26H33NO2. The van der Waals surface area contributed by atoms with E-state index in [1.165, 1.54) is 36.0 Å². The van der Waals surface area contributed by atoms with Crippen LogP contribution >= 0.6 is 0 Å². The molecule has 0 saturated heterocycles. The average molecular weight is 392 g/mol. The molecule has 0 unspecified atom stereocenters. The fourth-order valence-corrected chi connectivity index (χ4v) is 3.61. The first kappa shape index (κ1) is 22.5. The molecule has 0 spiro atoms. The van der Waals surface area contributed by atoms with E-state index in [1.54, 1.807) is 30.3 Å². The van der Waals surface area contributed by atoms with Gasteiger partial charge in [-0.2, -0.15) is 0 Å². The lowest BCUT2D eigenvalue weighted by atomic mass is 9.72. The van der Waals surface area contributed by atoms with Gasteiger partial charge in [0.05, 0.1) is 0 Å². The first-order valence-electron chi connectivity index (χ1n) is 10.2. The quantitative estimate of drug-likeness (QED) is 0.316. The zero-order chi connectivity index (χ0) is 21.4. The van der Waals surface area contributed by atoms with Crippen LogP contribution in [0.4, 0.5) is 5.69 Å². The molecule has 0 heterocycles. The molecule has 0 bridgehead atoms. The molecule has 2 N–H and O–H groups in total. The third kappa shape index (κ3) is 7.26. The maximum Gasteiger partial charge on any atom is 0.248 e. The molecule has 0 atom stereocenters.